The minimum atomic E-state index is 0.791. The number of aromatic amines is 1. The van der Waals surface area contributed by atoms with E-state index in [9.17, 15) is 0 Å². The van der Waals surface area contributed by atoms with Crippen molar-refractivity contribution in [3.05, 3.63) is 17.5 Å². The van der Waals surface area contributed by atoms with Crippen LogP contribution in [-0.2, 0) is 12.8 Å². The van der Waals surface area contributed by atoms with Crippen molar-refractivity contribution in [1.82, 2.24) is 15.1 Å². The Morgan fingerprint density at radius 2 is 2.44 bits per heavy atom. The molecule has 2 atom stereocenters. The Labute approximate surface area is 97.2 Å². The summed E-state index contributed by atoms with van der Waals surface area (Å²) in [5.41, 5.74) is 2.86. The van der Waals surface area contributed by atoms with Gasteiger partial charge in [0.25, 0.3) is 0 Å². The van der Waals surface area contributed by atoms with Crippen LogP contribution < -0.4 is 0 Å². The zero-order chi connectivity index (χ0) is 11.0. The van der Waals surface area contributed by atoms with Crippen LogP contribution in [0.1, 0.15) is 37.4 Å². The van der Waals surface area contributed by atoms with Crippen LogP contribution in [0.3, 0.4) is 0 Å². The van der Waals surface area contributed by atoms with Crippen molar-refractivity contribution in [1.29, 1.82) is 0 Å². The van der Waals surface area contributed by atoms with Crippen LogP contribution in [0.25, 0.3) is 0 Å². The summed E-state index contributed by atoms with van der Waals surface area (Å²) in [6.07, 6.45) is 8.54. The number of hydrogen-bond donors (Lipinski definition) is 1. The summed E-state index contributed by atoms with van der Waals surface area (Å²) in [5.74, 6) is 0.869. The highest BCUT2D eigenvalue weighted by Gasteiger charge is 2.35. The van der Waals surface area contributed by atoms with Gasteiger partial charge in [-0.2, -0.15) is 5.10 Å². The molecule has 3 nitrogen and oxygen atoms in total. The molecule has 0 amide bonds. The highest BCUT2D eigenvalue weighted by Crippen LogP contribution is 2.34. The van der Waals surface area contributed by atoms with Crippen LogP contribution in [0, 0.1) is 5.92 Å². The normalized spacial score (nSPS) is 29.8. The van der Waals surface area contributed by atoms with Gasteiger partial charge in [-0.25, -0.2) is 0 Å². The Kier molecular flexibility index (Phi) is 2.72. The zero-order valence-electron chi connectivity index (χ0n) is 10.1. The number of nitrogens with zero attached hydrogens (tertiary/aromatic N) is 2. The van der Waals surface area contributed by atoms with E-state index in [0.717, 1.165) is 12.0 Å². The van der Waals surface area contributed by atoms with Gasteiger partial charge in [-0.1, -0.05) is 6.92 Å². The molecule has 1 aliphatic carbocycles. The topological polar surface area (TPSA) is 31.9 Å². The fourth-order valence-corrected chi connectivity index (χ4v) is 3.49. The molecule has 0 aromatic carbocycles. The van der Waals surface area contributed by atoms with Crippen LogP contribution in [0.5, 0.6) is 0 Å². The molecule has 1 aromatic rings. The third-order valence-electron chi connectivity index (χ3n) is 4.25. The highest BCUT2D eigenvalue weighted by molar-refractivity contribution is 5.23. The molecular weight excluding hydrogens is 198 g/mol. The minimum Gasteiger partial charge on any atom is -0.300 e. The summed E-state index contributed by atoms with van der Waals surface area (Å²) in [6.45, 7) is 4.87. The van der Waals surface area contributed by atoms with E-state index in [1.165, 1.54) is 56.5 Å². The van der Waals surface area contributed by atoms with Crippen molar-refractivity contribution in [3.8, 4) is 0 Å². The van der Waals surface area contributed by atoms with E-state index in [1.54, 1.807) is 0 Å². The Morgan fingerprint density at radius 1 is 1.50 bits per heavy atom. The maximum atomic E-state index is 4.19. The van der Waals surface area contributed by atoms with Crippen LogP contribution >= 0.6 is 0 Å². The Hall–Kier alpha value is -0.830. The first kappa shape index (κ1) is 10.3. The van der Waals surface area contributed by atoms with E-state index in [1.807, 2.05) is 6.20 Å². The van der Waals surface area contributed by atoms with Gasteiger partial charge < -0.3 is 0 Å². The monoisotopic (exact) mass is 219 g/mol. The molecule has 0 radical (unpaired) electrons. The maximum absolute atomic E-state index is 4.19. The standard InChI is InChI=1S/C13H21N3/c1-2-5-16-6-3-4-10-7-12-11(8-13(10)16)9-14-15-12/h9-10,13H,2-8H2,1H3,(H,14,15)/t10-,13?/m1/s1. The lowest BCUT2D eigenvalue weighted by atomic mass is 9.77. The number of hydrogen-bond acceptors (Lipinski definition) is 2. The van der Waals surface area contributed by atoms with Crippen molar-refractivity contribution < 1.29 is 0 Å². The molecule has 1 fully saturated rings. The summed E-state index contributed by atoms with van der Waals surface area (Å²) < 4.78 is 0. The Balaban J connectivity index is 1.81. The fourth-order valence-electron chi connectivity index (χ4n) is 3.49. The average Bonchev–Trinajstić information content (AvgIpc) is 2.74. The van der Waals surface area contributed by atoms with Crippen LogP contribution in [0.2, 0.25) is 0 Å². The minimum absolute atomic E-state index is 0.791. The first-order valence-electron chi connectivity index (χ1n) is 6.63. The quantitative estimate of drug-likeness (QED) is 0.825. The fraction of sp³-hybridized carbons (Fsp3) is 0.769. The van der Waals surface area contributed by atoms with E-state index >= 15 is 0 Å². The number of fused-ring (bicyclic) bond motifs is 2. The van der Waals surface area contributed by atoms with E-state index in [2.05, 4.69) is 22.0 Å². The zero-order valence-corrected chi connectivity index (χ0v) is 10.1. The number of nitrogens with one attached hydrogen (secondary N) is 1. The molecule has 2 heterocycles. The SMILES string of the molecule is CCCN1CCC[C@@H]2Cc3[nH]ncc3CC21. The van der Waals surface area contributed by atoms with E-state index in [-0.39, 0.29) is 0 Å². The number of rotatable bonds is 2. The van der Waals surface area contributed by atoms with Gasteiger partial charge in [-0.05, 0) is 56.7 Å². The molecule has 0 bridgehead atoms. The van der Waals surface area contributed by atoms with Gasteiger partial charge in [0.15, 0.2) is 0 Å². The summed E-state index contributed by atoms with van der Waals surface area (Å²) in [7, 11) is 0. The molecule has 0 spiro atoms. The lowest BCUT2D eigenvalue weighted by molar-refractivity contribution is 0.0850. The van der Waals surface area contributed by atoms with Gasteiger partial charge in [0.05, 0.1) is 6.20 Å². The van der Waals surface area contributed by atoms with E-state index < -0.39 is 0 Å². The largest absolute Gasteiger partial charge is 0.300 e. The Morgan fingerprint density at radius 3 is 3.31 bits per heavy atom. The lowest BCUT2D eigenvalue weighted by Gasteiger charge is -2.43. The van der Waals surface area contributed by atoms with Gasteiger partial charge in [-0.3, -0.25) is 10.00 Å². The predicted octanol–water partition coefficient (Wildman–Crippen LogP) is 2.00. The van der Waals surface area contributed by atoms with Crippen molar-refractivity contribution in [2.45, 2.75) is 45.1 Å². The van der Waals surface area contributed by atoms with Gasteiger partial charge >= 0.3 is 0 Å². The third-order valence-corrected chi connectivity index (χ3v) is 4.25. The summed E-state index contributed by atoms with van der Waals surface area (Å²) in [6, 6.07) is 0.791. The van der Waals surface area contributed by atoms with Crippen LogP contribution in [0.15, 0.2) is 6.20 Å². The summed E-state index contributed by atoms with van der Waals surface area (Å²) >= 11 is 0. The number of H-pyrrole nitrogens is 1. The molecule has 88 valence electrons. The second-order valence-electron chi connectivity index (χ2n) is 5.29. The van der Waals surface area contributed by atoms with Crippen molar-refractivity contribution in [3.63, 3.8) is 0 Å². The second-order valence-corrected chi connectivity index (χ2v) is 5.29. The molecular formula is C13H21N3. The highest BCUT2D eigenvalue weighted by atomic mass is 15.2. The molecule has 2 aliphatic rings. The average molecular weight is 219 g/mol. The van der Waals surface area contributed by atoms with Crippen molar-refractivity contribution in [2.24, 2.45) is 5.92 Å². The molecule has 1 N–H and O–H groups in total. The number of aromatic nitrogens is 2. The van der Waals surface area contributed by atoms with Crippen molar-refractivity contribution >= 4 is 0 Å². The molecule has 1 saturated heterocycles. The van der Waals surface area contributed by atoms with E-state index in [4.69, 9.17) is 0 Å². The third kappa shape index (κ3) is 1.67. The first-order valence-corrected chi connectivity index (χ1v) is 6.63. The Bertz CT molecular complexity index is 356. The molecule has 1 aromatic heterocycles. The van der Waals surface area contributed by atoms with Crippen molar-refractivity contribution in [2.75, 3.05) is 13.1 Å². The summed E-state index contributed by atoms with van der Waals surface area (Å²) in [4.78, 5) is 2.71. The number of likely N-dealkylation sites (tertiary alicyclic amines) is 1. The smallest absolute Gasteiger partial charge is 0.0522 e. The van der Waals surface area contributed by atoms with Gasteiger partial charge in [0.1, 0.15) is 0 Å². The maximum Gasteiger partial charge on any atom is 0.0522 e. The van der Waals surface area contributed by atoms with Crippen LogP contribution in [0.4, 0.5) is 0 Å². The molecule has 3 rings (SSSR count). The van der Waals surface area contributed by atoms with E-state index in [0.29, 0.717) is 0 Å². The number of piperidine rings is 1. The lowest BCUT2D eigenvalue weighted by Crippen LogP contribution is -2.49. The molecule has 1 aliphatic heterocycles. The molecule has 1 unspecified atom stereocenters. The molecule has 3 heteroatoms. The molecule has 0 saturated carbocycles. The summed E-state index contributed by atoms with van der Waals surface area (Å²) in [5, 5.41) is 7.36. The predicted molar refractivity (Wildman–Crippen MR) is 64.4 cm³/mol. The first-order chi connectivity index (χ1) is 7.88. The van der Waals surface area contributed by atoms with Crippen LogP contribution in [-0.4, -0.2) is 34.2 Å². The molecule has 16 heavy (non-hydrogen) atoms. The second kappa shape index (κ2) is 4.21. The van der Waals surface area contributed by atoms with Gasteiger partial charge in [-0.15, -0.1) is 0 Å². The van der Waals surface area contributed by atoms with Gasteiger partial charge in [0, 0.05) is 11.7 Å². The van der Waals surface area contributed by atoms with Gasteiger partial charge in [0.2, 0.25) is 0 Å².